The van der Waals surface area contributed by atoms with Gasteiger partial charge in [0.05, 0.1) is 11.6 Å². The first-order valence-corrected chi connectivity index (χ1v) is 6.66. The summed E-state index contributed by atoms with van der Waals surface area (Å²) in [5.41, 5.74) is 0.552. The van der Waals surface area contributed by atoms with Gasteiger partial charge in [-0.3, -0.25) is 4.79 Å². The Morgan fingerprint density at radius 1 is 1.65 bits per heavy atom. The summed E-state index contributed by atoms with van der Waals surface area (Å²) < 4.78 is 0.791. The number of carbonyl (C=O) groups is 1. The van der Waals surface area contributed by atoms with Gasteiger partial charge in [-0.1, -0.05) is 11.6 Å². The Bertz CT molecular complexity index is 421. The van der Waals surface area contributed by atoms with E-state index in [0.29, 0.717) is 10.8 Å². The summed E-state index contributed by atoms with van der Waals surface area (Å²) in [6.45, 7) is 1.72. The zero-order valence-corrected chi connectivity index (χ0v) is 11.5. The van der Waals surface area contributed by atoms with Crippen LogP contribution in [-0.2, 0) is 4.79 Å². The molecule has 0 bridgehead atoms. The van der Waals surface area contributed by atoms with Crippen LogP contribution in [0.5, 0.6) is 0 Å². The number of amides is 1. The van der Waals surface area contributed by atoms with Crippen molar-refractivity contribution in [1.82, 2.24) is 10.3 Å². The molecule has 0 aliphatic carbocycles. The second-order valence-electron chi connectivity index (χ2n) is 4.02. The smallest absolute Gasteiger partial charge is 0.228 e. The van der Waals surface area contributed by atoms with Crippen molar-refractivity contribution in [2.75, 3.05) is 18.4 Å². The Hall–Kier alpha value is -0.650. The molecule has 0 saturated carbocycles. The van der Waals surface area contributed by atoms with Gasteiger partial charge in [0.1, 0.15) is 0 Å². The molecule has 92 valence electrons. The highest BCUT2D eigenvalue weighted by Gasteiger charge is 2.21. The zero-order valence-electron chi connectivity index (χ0n) is 9.17. The van der Waals surface area contributed by atoms with Crippen molar-refractivity contribution in [2.45, 2.75) is 12.8 Å². The van der Waals surface area contributed by atoms with Crippen LogP contribution in [0.2, 0.25) is 5.15 Å². The molecular weight excluding hydrogens is 305 g/mol. The molecule has 1 saturated heterocycles. The molecule has 0 aromatic carbocycles. The average Bonchev–Trinajstić information content (AvgIpc) is 2.35. The van der Waals surface area contributed by atoms with Crippen molar-refractivity contribution in [3.05, 3.63) is 21.9 Å². The standard InChI is InChI=1S/C11H13BrClN3O/c12-8-4-9(10(13)15-6-8)16-11(17)7-2-1-3-14-5-7/h4,6-7,14H,1-3,5H2,(H,16,17). The maximum Gasteiger partial charge on any atom is 0.228 e. The third-order valence-electron chi connectivity index (χ3n) is 2.73. The summed E-state index contributed by atoms with van der Waals surface area (Å²) in [5.74, 6) is 0.0119. The first kappa shape index (κ1) is 12.8. The van der Waals surface area contributed by atoms with Crippen LogP contribution in [-0.4, -0.2) is 24.0 Å². The van der Waals surface area contributed by atoms with Gasteiger partial charge >= 0.3 is 0 Å². The van der Waals surface area contributed by atoms with Gasteiger partial charge in [0, 0.05) is 17.2 Å². The molecule has 4 nitrogen and oxygen atoms in total. The number of carbonyl (C=O) groups excluding carboxylic acids is 1. The van der Waals surface area contributed by atoms with Crippen LogP contribution in [0.15, 0.2) is 16.7 Å². The van der Waals surface area contributed by atoms with Crippen molar-refractivity contribution < 1.29 is 4.79 Å². The van der Waals surface area contributed by atoms with Gasteiger partial charge in [-0.05, 0) is 41.4 Å². The number of nitrogens with one attached hydrogen (secondary N) is 2. The molecule has 1 atom stereocenters. The lowest BCUT2D eigenvalue weighted by molar-refractivity contribution is -0.120. The quantitative estimate of drug-likeness (QED) is 0.824. The largest absolute Gasteiger partial charge is 0.323 e. The van der Waals surface area contributed by atoms with Gasteiger partial charge in [-0.15, -0.1) is 0 Å². The molecule has 1 aliphatic heterocycles. The summed E-state index contributed by atoms with van der Waals surface area (Å²) in [6.07, 6.45) is 3.54. The second kappa shape index (κ2) is 5.80. The minimum absolute atomic E-state index is 0.000926. The number of hydrogen-bond donors (Lipinski definition) is 2. The van der Waals surface area contributed by atoms with Crippen molar-refractivity contribution in [1.29, 1.82) is 0 Å². The Balaban J connectivity index is 2.04. The molecule has 2 heterocycles. The normalized spacial score (nSPS) is 20.0. The lowest BCUT2D eigenvalue weighted by Gasteiger charge is -2.22. The average molecular weight is 319 g/mol. The molecule has 1 aliphatic rings. The SMILES string of the molecule is O=C(Nc1cc(Br)cnc1Cl)C1CCCNC1. The van der Waals surface area contributed by atoms with Gasteiger partial charge in [-0.2, -0.15) is 0 Å². The van der Waals surface area contributed by atoms with E-state index in [9.17, 15) is 4.79 Å². The number of aromatic nitrogens is 1. The third kappa shape index (κ3) is 3.40. The Morgan fingerprint density at radius 3 is 3.18 bits per heavy atom. The predicted molar refractivity (Wildman–Crippen MR) is 71.2 cm³/mol. The molecule has 1 fully saturated rings. The summed E-state index contributed by atoms with van der Waals surface area (Å²) in [7, 11) is 0. The molecule has 0 radical (unpaired) electrons. The van der Waals surface area contributed by atoms with Crippen molar-refractivity contribution >= 4 is 39.1 Å². The topological polar surface area (TPSA) is 54.0 Å². The van der Waals surface area contributed by atoms with Crippen LogP contribution in [0.4, 0.5) is 5.69 Å². The number of anilines is 1. The molecule has 1 amide bonds. The fourth-order valence-corrected chi connectivity index (χ4v) is 2.30. The highest BCUT2D eigenvalue weighted by atomic mass is 79.9. The van der Waals surface area contributed by atoms with Crippen molar-refractivity contribution in [3.63, 3.8) is 0 Å². The van der Waals surface area contributed by atoms with Crippen LogP contribution in [0.3, 0.4) is 0 Å². The molecular formula is C11H13BrClN3O. The minimum atomic E-state index is -0.000926. The van der Waals surface area contributed by atoms with E-state index in [0.717, 1.165) is 30.4 Å². The third-order valence-corrected chi connectivity index (χ3v) is 3.47. The highest BCUT2D eigenvalue weighted by molar-refractivity contribution is 9.10. The first-order valence-electron chi connectivity index (χ1n) is 5.49. The Labute approximate surface area is 113 Å². The first-order chi connectivity index (χ1) is 8.16. The number of piperidine rings is 1. The fourth-order valence-electron chi connectivity index (χ4n) is 1.82. The second-order valence-corrected chi connectivity index (χ2v) is 5.30. The van der Waals surface area contributed by atoms with E-state index in [-0.39, 0.29) is 11.8 Å². The van der Waals surface area contributed by atoms with Crippen LogP contribution in [0, 0.1) is 5.92 Å². The number of nitrogens with zero attached hydrogens (tertiary/aromatic N) is 1. The monoisotopic (exact) mass is 317 g/mol. The number of hydrogen-bond acceptors (Lipinski definition) is 3. The number of pyridine rings is 1. The molecule has 2 N–H and O–H groups in total. The summed E-state index contributed by atoms with van der Waals surface area (Å²) >= 11 is 9.21. The molecule has 17 heavy (non-hydrogen) atoms. The summed E-state index contributed by atoms with van der Waals surface area (Å²) in [4.78, 5) is 15.9. The molecule has 2 rings (SSSR count). The van der Waals surface area contributed by atoms with E-state index in [2.05, 4.69) is 31.5 Å². The maximum absolute atomic E-state index is 12.0. The lowest BCUT2D eigenvalue weighted by Crippen LogP contribution is -2.37. The van der Waals surface area contributed by atoms with E-state index < -0.39 is 0 Å². The maximum atomic E-state index is 12.0. The summed E-state index contributed by atoms with van der Waals surface area (Å²) in [6, 6.07) is 1.75. The van der Waals surface area contributed by atoms with Gasteiger partial charge in [0.2, 0.25) is 5.91 Å². The van der Waals surface area contributed by atoms with E-state index in [1.54, 1.807) is 12.3 Å². The van der Waals surface area contributed by atoms with Crippen LogP contribution >= 0.6 is 27.5 Å². The van der Waals surface area contributed by atoms with E-state index in [4.69, 9.17) is 11.6 Å². The van der Waals surface area contributed by atoms with Gasteiger partial charge in [0.25, 0.3) is 0 Å². The van der Waals surface area contributed by atoms with E-state index in [1.165, 1.54) is 0 Å². The van der Waals surface area contributed by atoms with Crippen molar-refractivity contribution in [3.8, 4) is 0 Å². The molecule has 1 aromatic rings. The predicted octanol–water partition coefficient (Wildman–Crippen LogP) is 2.44. The molecule has 0 spiro atoms. The van der Waals surface area contributed by atoms with Crippen molar-refractivity contribution in [2.24, 2.45) is 5.92 Å². The fraction of sp³-hybridized carbons (Fsp3) is 0.455. The van der Waals surface area contributed by atoms with Crippen LogP contribution in [0.1, 0.15) is 12.8 Å². The molecule has 1 unspecified atom stereocenters. The van der Waals surface area contributed by atoms with Gasteiger partial charge in [-0.25, -0.2) is 4.98 Å². The Kier molecular flexibility index (Phi) is 4.36. The molecule has 6 heteroatoms. The van der Waals surface area contributed by atoms with Crippen LogP contribution in [0.25, 0.3) is 0 Å². The number of rotatable bonds is 2. The summed E-state index contributed by atoms with van der Waals surface area (Å²) in [5, 5.41) is 6.34. The molecule has 1 aromatic heterocycles. The van der Waals surface area contributed by atoms with E-state index >= 15 is 0 Å². The van der Waals surface area contributed by atoms with Crippen LogP contribution < -0.4 is 10.6 Å². The van der Waals surface area contributed by atoms with Gasteiger partial charge in [0.15, 0.2) is 5.15 Å². The van der Waals surface area contributed by atoms with Gasteiger partial charge < -0.3 is 10.6 Å². The lowest BCUT2D eigenvalue weighted by atomic mass is 9.99. The Morgan fingerprint density at radius 2 is 2.47 bits per heavy atom. The number of halogens is 2. The highest BCUT2D eigenvalue weighted by Crippen LogP contribution is 2.24. The zero-order chi connectivity index (χ0) is 12.3. The van der Waals surface area contributed by atoms with E-state index in [1.807, 2.05) is 0 Å². The minimum Gasteiger partial charge on any atom is -0.323 e.